The molecule has 2 heterocycles. The van der Waals surface area contributed by atoms with Gasteiger partial charge in [0.1, 0.15) is 11.6 Å². The molecule has 1 aliphatic heterocycles. The minimum atomic E-state index is -3.38. The first kappa shape index (κ1) is 20.5. The lowest BCUT2D eigenvalue weighted by Gasteiger charge is -2.15. The van der Waals surface area contributed by atoms with Gasteiger partial charge in [-0.3, -0.25) is 0 Å². The van der Waals surface area contributed by atoms with Crippen LogP contribution in [0.3, 0.4) is 0 Å². The summed E-state index contributed by atoms with van der Waals surface area (Å²) in [5.74, 6) is 1.44. The van der Waals surface area contributed by atoms with E-state index >= 15 is 0 Å². The highest BCUT2D eigenvalue weighted by Gasteiger charge is 2.26. The maximum Gasteiger partial charge on any atom is 0.243 e. The number of benzene rings is 2. The van der Waals surface area contributed by atoms with Crippen LogP contribution in [-0.4, -0.2) is 35.8 Å². The van der Waals surface area contributed by atoms with E-state index in [1.807, 2.05) is 25.1 Å². The van der Waals surface area contributed by atoms with Crippen LogP contribution < -0.4 is 5.32 Å². The van der Waals surface area contributed by atoms with Crippen molar-refractivity contribution in [3.8, 4) is 11.3 Å². The molecule has 0 amide bonds. The maximum atomic E-state index is 12.6. The predicted molar refractivity (Wildman–Crippen MR) is 119 cm³/mol. The van der Waals surface area contributed by atoms with Gasteiger partial charge in [-0.15, -0.1) is 0 Å². The Labute approximate surface area is 178 Å². The van der Waals surface area contributed by atoms with Crippen molar-refractivity contribution in [1.82, 2.24) is 14.3 Å². The highest BCUT2D eigenvalue weighted by atomic mass is 32.2. The van der Waals surface area contributed by atoms with Gasteiger partial charge in [-0.2, -0.15) is 4.31 Å². The molecule has 0 unspecified atom stereocenters. The van der Waals surface area contributed by atoms with Crippen LogP contribution >= 0.6 is 0 Å². The van der Waals surface area contributed by atoms with Crippen LogP contribution in [0.1, 0.15) is 29.8 Å². The molecule has 0 spiro atoms. The van der Waals surface area contributed by atoms with Gasteiger partial charge in [0, 0.05) is 31.3 Å². The van der Waals surface area contributed by atoms with Crippen LogP contribution in [0.2, 0.25) is 0 Å². The zero-order chi connectivity index (χ0) is 21.1. The molecule has 2 aromatic carbocycles. The quantitative estimate of drug-likeness (QED) is 0.646. The summed E-state index contributed by atoms with van der Waals surface area (Å²) < 4.78 is 26.9. The van der Waals surface area contributed by atoms with Crippen molar-refractivity contribution in [3.05, 3.63) is 71.5 Å². The second kappa shape index (κ2) is 8.53. The Morgan fingerprint density at radius 2 is 1.60 bits per heavy atom. The Hall–Kier alpha value is -2.77. The fourth-order valence-corrected chi connectivity index (χ4v) is 5.10. The number of nitrogens with one attached hydrogen (secondary N) is 1. The van der Waals surface area contributed by atoms with E-state index in [-0.39, 0.29) is 0 Å². The summed E-state index contributed by atoms with van der Waals surface area (Å²) in [7, 11) is -3.38. The number of aromatic nitrogens is 2. The maximum absolute atomic E-state index is 12.6. The van der Waals surface area contributed by atoms with E-state index in [0.717, 1.165) is 35.5 Å². The van der Waals surface area contributed by atoms with E-state index in [9.17, 15) is 8.42 Å². The van der Waals surface area contributed by atoms with Gasteiger partial charge >= 0.3 is 0 Å². The van der Waals surface area contributed by atoms with E-state index < -0.39 is 10.0 Å². The third-order valence-electron chi connectivity index (χ3n) is 5.29. The Morgan fingerprint density at radius 3 is 2.27 bits per heavy atom. The van der Waals surface area contributed by atoms with E-state index in [2.05, 4.69) is 46.5 Å². The van der Waals surface area contributed by atoms with Crippen molar-refractivity contribution < 1.29 is 8.42 Å². The molecule has 0 radical (unpaired) electrons. The van der Waals surface area contributed by atoms with Gasteiger partial charge in [0.15, 0.2) is 0 Å². The van der Waals surface area contributed by atoms with Crippen molar-refractivity contribution in [3.63, 3.8) is 0 Å². The molecule has 30 heavy (non-hydrogen) atoms. The van der Waals surface area contributed by atoms with Gasteiger partial charge in [0.05, 0.1) is 10.6 Å². The van der Waals surface area contributed by atoms with Gasteiger partial charge in [-0.25, -0.2) is 18.4 Å². The normalized spacial score (nSPS) is 14.7. The summed E-state index contributed by atoms with van der Waals surface area (Å²) in [6.45, 7) is 5.71. The monoisotopic (exact) mass is 422 g/mol. The van der Waals surface area contributed by atoms with Gasteiger partial charge in [0.25, 0.3) is 0 Å². The number of hydrogen-bond donors (Lipinski definition) is 1. The highest BCUT2D eigenvalue weighted by molar-refractivity contribution is 7.89. The Bertz CT molecular complexity index is 1120. The molecule has 6 nitrogen and oxygen atoms in total. The van der Waals surface area contributed by atoms with Gasteiger partial charge in [-0.1, -0.05) is 42.0 Å². The first-order valence-corrected chi connectivity index (χ1v) is 11.6. The molecule has 1 fully saturated rings. The first-order valence-electron chi connectivity index (χ1n) is 10.2. The molecule has 0 atom stereocenters. The zero-order valence-electron chi connectivity index (χ0n) is 17.3. The van der Waals surface area contributed by atoms with E-state index in [1.54, 1.807) is 16.4 Å². The molecule has 0 bridgehead atoms. The lowest BCUT2D eigenvalue weighted by molar-refractivity contribution is 0.477. The lowest BCUT2D eigenvalue weighted by Crippen LogP contribution is -2.27. The second-order valence-electron chi connectivity index (χ2n) is 7.66. The summed E-state index contributed by atoms with van der Waals surface area (Å²) >= 11 is 0. The van der Waals surface area contributed by atoms with Crippen LogP contribution in [0, 0.1) is 13.8 Å². The summed E-state index contributed by atoms with van der Waals surface area (Å²) in [6, 6.07) is 17.3. The topological polar surface area (TPSA) is 75.2 Å². The number of sulfonamides is 1. The SMILES string of the molecule is Cc1ccc(-c2cc(NCc3ccc(S(=O)(=O)N4CCCC4)cc3)nc(C)n2)cc1. The molecule has 7 heteroatoms. The summed E-state index contributed by atoms with van der Waals surface area (Å²) in [5.41, 5.74) is 4.12. The Morgan fingerprint density at radius 1 is 0.933 bits per heavy atom. The number of nitrogens with zero attached hydrogens (tertiary/aromatic N) is 3. The molecule has 156 valence electrons. The van der Waals surface area contributed by atoms with Crippen LogP contribution in [0.5, 0.6) is 0 Å². The summed E-state index contributed by atoms with van der Waals surface area (Å²) in [4.78, 5) is 9.37. The number of aryl methyl sites for hydroxylation is 2. The molecular weight excluding hydrogens is 396 g/mol. The van der Waals surface area contributed by atoms with E-state index in [0.29, 0.717) is 30.4 Å². The highest BCUT2D eigenvalue weighted by Crippen LogP contribution is 2.23. The smallest absolute Gasteiger partial charge is 0.243 e. The lowest BCUT2D eigenvalue weighted by atomic mass is 10.1. The third kappa shape index (κ3) is 4.52. The molecule has 1 aromatic heterocycles. The summed E-state index contributed by atoms with van der Waals surface area (Å²) in [5, 5.41) is 3.33. The molecule has 4 rings (SSSR count). The van der Waals surface area contributed by atoms with Crippen LogP contribution in [-0.2, 0) is 16.6 Å². The fourth-order valence-electron chi connectivity index (χ4n) is 3.58. The van der Waals surface area contributed by atoms with Crippen LogP contribution in [0.4, 0.5) is 5.82 Å². The molecule has 0 saturated carbocycles. The molecule has 1 saturated heterocycles. The molecular formula is C23H26N4O2S. The van der Waals surface area contributed by atoms with E-state index in [1.165, 1.54) is 5.56 Å². The number of rotatable bonds is 6. The first-order chi connectivity index (χ1) is 14.4. The average molecular weight is 423 g/mol. The second-order valence-corrected chi connectivity index (χ2v) is 9.60. The summed E-state index contributed by atoms with van der Waals surface area (Å²) in [6.07, 6.45) is 1.87. The molecule has 1 aliphatic rings. The van der Waals surface area contributed by atoms with Crippen LogP contribution in [0.25, 0.3) is 11.3 Å². The molecule has 1 N–H and O–H groups in total. The third-order valence-corrected chi connectivity index (χ3v) is 7.20. The Balaban J connectivity index is 1.46. The average Bonchev–Trinajstić information content (AvgIpc) is 3.29. The largest absolute Gasteiger partial charge is 0.366 e. The van der Waals surface area contributed by atoms with Crippen molar-refractivity contribution in [2.24, 2.45) is 0 Å². The zero-order valence-corrected chi connectivity index (χ0v) is 18.1. The van der Waals surface area contributed by atoms with Gasteiger partial charge < -0.3 is 5.32 Å². The van der Waals surface area contributed by atoms with Crippen molar-refractivity contribution in [2.75, 3.05) is 18.4 Å². The fraction of sp³-hybridized carbons (Fsp3) is 0.304. The predicted octanol–water partition coefficient (Wildman–Crippen LogP) is 4.16. The minimum Gasteiger partial charge on any atom is -0.366 e. The van der Waals surface area contributed by atoms with Crippen molar-refractivity contribution >= 4 is 15.8 Å². The van der Waals surface area contributed by atoms with Crippen molar-refractivity contribution in [1.29, 1.82) is 0 Å². The van der Waals surface area contributed by atoms with Gasteiger partial charge in [0.2, 0.25) is 10.0 Å². The standard InChI is InChI=1S/C23H26N4O2S/c1-17-5-9-20(10-6-17)22-15-23(26-18(2)25-22)24-16-19-7-11-21(12-8-19)30(28,29)27-13-3-4-14-27/h5-12,15H,3-4,13-14,16H2,1-2H3,(H,24,25,26). The van der Waals surface area contributed by atoms with Crippen molar-refractivity contribution in [2.45, 2.75) is 38.1 Å². The van der Waals surface area contributed by atoms with Crippen LogP contribution in [0.15, 0.2) is 59.5 Å². The minimum absolute atomic E-state index is 0.354. The van der Waals surface area contributed by atoms with Gasteiger partial charge in [-0.05, 0) is 44.4 Å². The molecule has 0 aliphatic carbocycles. The van der Waals surface area contributed by atoms with E-state index in [4.69, 9.17) is 0 Å². The molecule has 3 aromatic rings. The number of anilines is 1. The number of hydrogen-bond acceptors (Lipinski definition) is 5. The Kier molecular flexibility index (Phi) is 5.83.